The quantitative estimate of drug-likeness (QED) is 0.902. The molecule has 0 unspecified atom stereocenters. The molecule has 0 bridgehead atoms. The Morgan fingerprint density at radius 2 is 1.67 bits per heavy atom. The van der Waals surface area contributed by atoms with E-state index in [0.29, 0.717) is 18.4 Å². The van der Waals surface area contributed by atoms with Gasteiger partial charge in [-0.05, 0) is 39.7 Å². The fourth-order valence-corrected chi connectivity index (χ4v) is 4.67. The van der Waals surface area contributed by atoms with Crippen molar-refractivity contribution in [2.24, 2.45) is 0 Å². The van der Waals surface area contributed by atoms with Crippen molar-refractivity contribution < 1.29 is 13.5 Å². The summed E-state index contributed by atoms with van der Waals surface area (Å²) >= 11 is 0. The minimum absolute atomic E-state index is 0.198. The van der Waals surface area contributed by atoms with Crippen LogP contribution in [-0.2, 0) is 15.6 Å². The molecule has 0 heterocycles. The Kier molecular flexibility index (Phi) is 4.47. The lowest BCUT2D eigenvalue weighted by molar-refractivity contribution is -0.00323. The second-order valence-corrected chi connectivity index (χ2v) is 8.59. The Hall–Kier alpha value is -0.910. The number of nitrogens with one attached hydrogen (secondary N) is 1. The van der Waals surface area contributed by atoms with E-state index in [4.69, 9.17) is 0 Å². The summed E-state index contributed by atoms with van der Waals surface area (Å²) < 4.78 is 27.9. The maximum atomic E-state index is 12.6. The van der Waals surface area contributed by atoms with Gasteiger partial charge >= 0.3 is 0 Å². The zero-order chi connectivity index (χ0) is 15.7. The Balaban J connectivity index is 2.46. The van der Waals surface area contributed by atoms with Crippen LogP contribution in [0.1, 0.15) is 58.4 Å². The van der Waals surface area contributed by atoms with Gasteiger partial charge in [-0.15, -0.1) is 0 Å². The van der Waals surface area contributed by atoms with Gasteiger partial charge in [-0.3, -0.25) is 0 Å². The third-order valence-corrected chi connectivity index (χ3v) is 5.62. The summed E-state index contributed by atoms with van der Waals surface area (Å²) in [5.41, 5.74) is -1.05. The molecule has 1 aromatic rings. The van der Waals surface area contributed by atoms with Gasteiger partial charge in [-0.1, -0.05) is 37.5 Å². The number of hydrogen-bond donors (Lipinski definition) is 2. The van der Waals surface area contributed by atoms with Gasteiger partial charge in [0.1, 0.15) is 0 Å². The van der Waals surface area contributed by atoms with Crippen LogP contribution in [0.15, 0.2) is 29.2 Å². The van der Waals surface area contributed by atoms with Crippen LogP contribution >= 0.6 is 0 Å². The van der Waals surface area contributed by atoms with Gasteiger partial charge in [0.05, 0.1) is 10.5 Å². The Morgan fingerprint density at radius 1 is 1.10 bits per heavy atom. The number of sulfonamides is 1. The molecule has 5 heteroatoms. The predicted octanol–water partition coefficient (Wildman–Crippen LogP) is 2.92. The van der Waals surface area contributed by atoms with Gasteiger partial charge in [-0.2, -0.15) is 0 Å². The van der Waals surface area contributed by atoms with Crippen molar-refractivity contribution in [1.82, 2.24) is 4.72 Å². The van der Waals surface area contributed by atoms with Gasteiger partial charge in [-0.25, -0.2) is 13.1 Å². The molecule has 1 fully saturated rings. The van der Waals surface area contributed by atoms with Crippen molar-refractivity contribution >= 4 is 10.0 Å². The first-order valence-corrected chi connectivity index (χ1v) is 8.98. The monoisotopic (exact) mass is 311 g/mol. The van der Waals surface area contributed by atoms with Crippen molar-refractivity contribution in [2.45, 2.75) is 68.9 Å². The third kappa shape index (κ3) is 3.84. The second-order valence-electron chi connectivity index (χ2n) is 6.94. The van der Waals surface area contributed by atoms with E-state index in [0.717, 1.165) is 19.3 Å². The molecule has 0 aliphatic heterocycles. The molecule has 21 heavy (non-hydrogen) atoms. The maximum Gasteiger partial charge on any atom is 0.241 e. The van der Waals surface area contributed by atoms with Crippen LogP contribution in [0.3, 0.4) is 0 Å². The van der Waals surface area contributed by atoms with Crippen molar-refractivity contribution in [3.05, 3.63) is 29.8 Å². The standard InChI is InChI=1S/C16H25NO3S/c1-15(2,3)17-21(19,20)14-10-6-5-9-13(14)16(18)11-7-4-8-12-16/h5-6,9-10,17-18H,4,7-8,11-12H2,1-3H3. The first kappa shape index (κ1) is 16.5. The molecule has 1 saturated carbocycles. The molecule has 2 N–H and O–H groups in total. The Labute approximate surface area is 127 Å². The molecular weight excluding hydrogens is 286 g/mol. The van der Waals surface area contributed by atoms with Crippen LogP contribution < -0.4 is 4.72 Å². The number of aliphatic hydroxyl groups is 1. The Morgan fingerprint density at radius 3 is 2.24 bits per heavy atom. The predicted molar refractivity (Wildman–Crippen MR) is 83.5 cm³/mol. The number of rotatable bonds is 3. The summed E-state index contributed by atoms with van der Waals surface area (Å²) in [4.78, 5) is 0.198. The molecule has 1 aromatic carbocycles. The molecular formula is C16H25NO3S. The maximum absolute atomic E-state index is 12.6. The lowest BCUT2D eigenvalue weighted by Gasteiger charge is -2.34. The Bertz CT molecular complexity index is 596. The summed E-state index contributed by atoms with van der Waals surface area (Å²) in [6, 6.07) is 6.81. The zero-order valence-corrected chi connectivity index (χ0v) is 13.8. The molecule has 118 valence electrons. The van der Waals surface area contributed by atoms with E-state index in [1.807, 2.05) is 20.8 Å². The molecule has 0 saturated heterocycles. The van der Waals surface area contributed by atoms with Crippen molar-refractivity contribution in [2.75, 3.05) is 0 Å². The lowest BCUT2D eigenvalue weighted by atomic mass is 9.80. The van der Waals surface area contributed by atoms with Crippen molar-refractivity contribution in [3.8, 4) is 0 Å². The zero-order valence-electron chi connectivity index (χ0n) is 13.0. The largest absolute Gasteiger partial charge is 0.385 e. The number of hydrogen-bond acceptors (Lipinski definition) is 3. The van der Waals surface area contributed by atoms with Gasteiger partial charge in [0.25, 0.3) is 0 Å². The number of benzene rings is 1. The molecule has 2 rings (SSSR count). The summed E-state index contributed by atoms with van der Waals surface area (Å²) in [5.74, 6) is 0. The van der Waals surface area contributed by atoms with Crippen LogP contribution in [0.4, 0.5) is 0 Å². The SMILES string of the molecule is CC(C)(C)NS(=O)(=O)c1ccccc1C1(O)CCCCC1. The summed E-state index contributed by atoms with van der Waals surface area (Å²) in [6.07, 6.45) is 4.19. The highest BCUT2D eigenvalue weighted by Gasteiger charge is 2.36. The highest BCUT2D eigenvalue weighted by atomic mass is 32.2. The van der Waals surface area contributed by atoms with E-state index >= 15 is 0 Å². The van der Waals surface area contributed by atoms with Crippen LogP contribution in [0.25, 0.3) is 0 Å². The minimum Gasteiger partial charge on any atom is -0.385 e. The van der Waals surface area contributed by atoms with Crippen LogP contribution in [0, 0.1) is 0 Å². The van der Waals surface area contributed by atoms with E-state index in [1.54, 1.807) is 24.3 Å². The van der Waals surface area contributed by atoms with E-state index in [2.05, 4.69) is 4.72 Å². The molecule has 1 aliphatic carbocycles. The molecule has 0 spiro atoms. The van der Waals surface area contributed by atoms with Gasteiger partial charge in [0.2, 0.25) is 10.0 Å². The topological polar surface area (TPSA) is 66.4 Å². The van der Waals surface area contributed by atoms with Crippen molar-refractivity contribution in [3.63, 3.8) is 0 Å². The molecule has 0 radical (unpaired) electrons. The fraction of sp³-hybridized carbons (Fsp3) is 0.625. The average Bonchev–Trinajstić information content (AvgIpc) is 2.37. The van der Waals surface area contributed by atoms with Gasteiger partial charge < -0.3 is 5.11 Å². The molecule has 0 aromatic heterocycles. The minimum atomic E-state index is -3.65. The fourth-order valence-electron chi connectivity index (χ4n) is 2.95. The molecule has 0 atom stereocenters. The first-order chi connectivity index (χ1) is 9.64. The summed E-state index contributed by atoms with van der Waals surface area (Å²) in [6.45, 7) is 5.42. The highest BCUT2D eigenvalue weighted by molar-refractivity contribution is 7.89. The summed E-state index contributed by atoms with van der Waals surface area (Å²) in [7, 11) is -3.65. The van der Waals surface area contributed by atoms with Crippen LogP contribution in [0.5, 0.6) is 0 Å². The van der Waals surface area contributed by atoms with Crippen molar-refractivity contribution in [1.29, 1.82) is 0 Å². The highest BCUT2D eigenvalue weighted by Crippen LogP contribution is 2.39. The second kappa shape index (κ2) is 5.71. The summed E-state index contributed by atoms with van der Waals surface area (Å²) in [5, 5.41) is 10.9. The van der Waals surface area contributed by atoms with E-state index < -0.39 is 21.2 Å². The van der Waals surface area contributed by atoms with E-state index in [-0.39, 0.29) is 4.90 Å². The van der Waals surface area contributed by atoms with Crippen LogP contribution in [-0.4, -0.2) is 19.1 Å². The first-order valence-electron chi connectivity index (χ1n) is 7.50. The van der Waals surface area contributed by atoms with E-state index in [9.17, 15) is 13.5 Å². The molecule has 4 nitrogen and oxygen atoms in total. The van der Waals surface area contributed by atoms with Crippen LogP contribution in [0.2, 0.25) is 0 Å². The molecule has 0 amide bonds. The lowest BCUT2D eigenvalue weighted by Crippen LogP contribution is -2.42. The molecule has 1 aliphatic rings. The normalized spacial score (nSPS) is 19.4. The smallest absolute Gasteiger partial charge is 0.241 e. The van der Waals surface area contributed by atoms with Gasteiger partial charge in [0, 0.05) is 11.1 Å². The average molecular weight is 311 g/mol. The van der Waals surface area contributed by atoms with Gasteiger partial charge in [0.15, 0.2) is 0 Å². The third-order valence-electron chi connectivity index (χ3n) is 3.80. The van der Waals surface area contributed by atoms with E-state index in [1.165, 1.54) is 0 Å².